The molecule has 3 aromatic carbocycles. The van der Waals surface area contributed by atoms with E-state index < -0.39 is 17.6 Å². The van der Waals surface area contributed by atoms with Crippen molar-refractivity contribution < 1.29 is 22.7 Å². The second-order valence-corrected chi connectivity index (χ2v) is 10.8. The van der Waals surface area contributed by atoms with Crippen LogP contribution in [0, 0.1) is 0 Å². The largest absolute Gasteiger partial charge is 0.497 e. The van der Waals surface area contributed by atoms with Gasteiger partial charge in [-0.05, 0) is 41.3 Å². The first-order valence-corrected chi connectivity index (χ1v) is 13.3. The standard InChI is InChI=1S/C29H28F3N5O2S/c1-28(2,3)21-11-9-19(10-12-21)26-35-36-27(37(26)22-13-15-23(39-4)16-14-22)40-18-25(38)34-33-17-20-7-5-6-8-24(20)29(30,31)32/h5-17H,18H2,1-4H3,(H,34,38)/b33-17-. The Morgan fingerprint density at radius 1 is 1.00 bits per heavy atom. The summed E-state index contributed by atoms with van der Waals surface area (Å²) in [5.41, 5.74) is 4.09. The monoisotopic (exact) mass is 567 g/mol. The molecule has 0 saturated heterocycles. The van der Waals surface area contributed by atoms with E-state index in [9.17, 15) is 18.0 Å². The van der Waals surface area contributed by atoms with Crippen molar-refractivity contribution >= 4 is 23.9 Å². The number of halogens is 3. The molecule has 1 N–H and O–H groups in total. The van der Waals surface area contributed by atoms with E-state index >= 15 is 0 Å². The molecular formula is C29H28F3N5O2S. The fourth-order valence-corrected chi connectivity index (χ4v) is 4.58. The van der Waals surface area contributed by atoms with Gasteiger partial charge in [-0.25, -0.2) is 5.43 Å². The molecule has 0 atom stereocenters. The fraction of sp³-hybridized carbons (Fsp3) is 0.241. The lowest BCUT2D eigenvalue weighted by Crippen LogP contribution is -2.20. The first-order valence-electron chi connectivity index (χ1n) is 12.3. The zero-order valence-corrected chi connectivity index (χ0v) is 23.2. The van der Waals surface area contributed by atoms with Gasteiger partial charge in [0.25, 0.3) is 5.91 Å². The summed E-state index contributed by atoms with van der Waals surface area (Å²) in [4.78, 5) is 12.5. The third-order valence-electron chi connectivity index (χ3n) is 5.96. The van der Waals surface area contributed by atoms with E-state index in [1.165, 1.54) is 23.8 Å². The van der Waals surface area contributed by atoms with Crippen LogP contribution in [0.15, 0.2) is 83.1 Å². The van der Waals surface area contributed by atoms with Gasteiger partial charge in [-0.1, -0.05) is 75.0 Å². The lowest BCUT2D eigenvalue weighted by molar-refractivity contribution is -0.137. The number of methoxy groups -OCH3 is 1. The molecule has 4 rings (SSSR count). The lowest BCUT2D eigenvalue weighted by atomic mass is 9.87. The molecule has 11 heteroatoms. The Balaban J connectivity index is 1.54. The van der Waals surface area contributed by atoms with Gasteiger partial charge in [-0.2, -0.15) is 18.3 Å². The van der Waals surface area contributed by atoms with Gasteiger partial charge < -0.3 is 4.74 Å². The summed E-state index contributed by atoms with van der Waals surface area (Å²) in [5, 5.41) is 12.9. The maximum Gasteiger partial charge on any atom is 0.417 e. The lowest BCUT2D eigenvalue weighted by Gasteiger charge is -2.19. The molecule has 40 heavy (non-hydrogen) atoms. The SMILES string of the molecule is COc1ccc(-n2c(SCC(=O)N/N=C\c3ccccc3C(F)(F)F)nnc2-c2ccc(C(C)(C)C)cc2)cc1. The Morgan fingerprint density at radius 2 is 1.68 bits per heavy atom. The van der Waals surface area contributed by atoms with Crippen molar-refractivity contribution in [1.29, 1.82) is 0 Å². The van der Waals surface area contributed by atoms with E-state index in [1.54, 1.807) is 7.11 Å². The highest BCUT2D eigenvalue weighted by Gasteiger charge is 2.32. The van der Waals surface area contributed by atoms with Crippen molar-refractivity contribution in [2.24, 2.45) is 5.10 Å². The fourth-order valence-electron chi connectivity index (χ4n) is 3.84. The number of hydrogen-bond donors (Lipinski definition) is 1. The maximum atomic E-state index is 13.2. The summed E-state index contributed by atoms with van der Waals surface area (Å²) < 4.78 is 46.7. The van der Waals surface area contributed by atoms with Crippen LogP contribution in [0.4, 0.5) is 13.2 Å². The minimum absolute atomic E-state index is 0.00609. The van der Waals surface area contributed by atoms with Crippen LogP contribution in [0.2, 0.25) is 0 Å². The van der Waals surface area contributed by atoms with Gasteiger partial charge in [0, 0.05) is 16.8 Å². The number of nitrogens with zero attached hydrogens (tertiary/aromatic N) is 4. The molecule has 7 nitrogen and oxygen atoms in total. The molecule has 0 bridgehead atoms. The molecule has 4 aromatic rings. The first-order chi connectivity index (χ1) is 19.0. The van der Waals surface area contributed by atoms with E-state index in [4.69, 9.17) is 4.74 Å². The van der Waals surface area contributed by atoms with Crippen LogP contribution in [-0.2, 0) is 16.4 Å². The predicted molar refractivity (Wildman–Crippen MR) is 150 cm³/mol. The number of aromatic nitrogens is 3. The minimum Gasteiger partial charge on any atom is -0.497 e. The van der Waals surface area contributed by atoms with E-state index in [0.29, 0.717) is 16.7 Å². The molecule has 0 saturated carbocycles. The van der Waals surface area contributed by atoms with Crippen molar-refractivity contribution in [1.82, 2.24) is 20.2 Å². The number of ether oxygens (including phenoxy) is 1. The molecule has 0 aliphatic rings. The highest BCUT2D eigenvalue weighted by atomic mass is 32.2. The quantitative estimate of drug-likeness (QED) is 0.149. The minimum atomic E-state index is -4.53. The van der Waals surface area contributed by atoms with Gasteiger partial charge in [-0.15, -0.1) is 10.2 Å². The summed E-state index contributed by atoms with van der Waals surface area (Å²) in [6.45, 7) is 6.42. The number of benzene rings is 3. The Bertz CT molecular complexity index is 1490. The number of rotatable bonds is 8. The summed E-state index contributed by atoms with van der Waals surface area (Å²) in [5.74, 6) is 0.683. The molecular weight excluding hydrogens is 539 g/mol. The molecule has 0 spiro atoms. The van der Waals surface area contributed by atoms with E-state index in [0.717, 1.165) is 35.3 Å². The zero-order chi connectivity index (χ0) is 28.9. The third-order valence-corrected chi connectivity index (χ3v) is 6.89. The number of thioether (sulfide) groups is 1. The number of hydrogen-bond acceptors (Lipinski definition) is 6. The highest BCUT2D eigenvalue weighted by molar-refractivity contribution is 7.99. The summed E-state index contributed by atoms with van der Waals surface area (Å²) in [6, 6.07) is 20.4. The topological polar surface area (TPSA) is 81.4 Å². The molecule has 0 unspecified atom stereocenters. The van der Waals surface area contributed by atoms with Gasteiger partial charge in [0.05, 0.1) is 24.6 Å². The van der Waals surface area contributed by atoms with Crippen LogP contribution in [0.3, 0.4) is 0 Å². The number of alkyl halides is 3. The van der Waals surface area contributed by atoms with E-state index in [2.05, 4.69) is 53.6 Å². The zero-order valence-electron chi connectivity index (χ0n) is 22.4. The Kier molecular flexibility index (Phi) is 8.63. The Hall–Kier alpha value is -4.12. The van der Waals surface area contributed by atoms with Crippen LogP contribution in [-0.4, -0.2) is 39.7 Å². The Labute approximate surface area is 234 Å². The van der Waals surface area contributed by atoms with Crippen LogP contribution < -0.4 is 10.2 Å². The average molecular weight is 568 g/mol. The summed E-state index contributed by atoms with van der Waals surface area (Å²) in [7, 11) is 1.58. The van der Waals surface area contributed by atoms with Crippen LogP contribution in [0.1, 0.15) is 37.5 Å². The molecule has 0 aliphatic carbocycles. The van der Waals surface area contributed by atoms with Crippen LogP contribution in [0.25, 0.3) is 17.1 Å². The van der Waals surface area contributed by atoms with E-state index in [-0.39, 0.29) is 16.7 Å². The summed E-state index contributed by atoms with van der Waals surface area (Å²) in [6.07, 6.45) is -3.55. The number of carbonyl (C=O) groups is 1. The van der Waals surface area contributed by atoms with Crippen LogP contribution in [0.5, 0.6) is 5.75 Å². The maximum absolute atomic E-state index is 13.2. The van der Waals surface area contributed by atoms with Gasteiger partial charge in [-0.3, -0.25) is 9.36 Å². The number of hydrazone groups is 1. The molecule has 0 aliphatic heterocycles. The van der Waals surface area contributed by atoms with Crippen molar-refractivity contribution in [3.63, 3.8) is 0 Å². The Morgan fingerprint density at radius 3 is 2.30 bits per heavy atom. The second-order valence-electron chi connectivity index (χ2n) is 9.83. The molecule has 208 valence electrons. The number of amides is 1. The molecule has 0 radical (unpaired) electrons. The third kappa shape index (κ3) is 6.90. The van der Waals surface area contributed by atoms with Gasteiger partial charge >= 0.3 is 6.18 Å². The predicted octanol–water partition coefficient (Wildman–Crippen LogP) is 6.50. The van der Waals surface area contributed by atoms with Crippen molar-refractivity contribution in [3.8, 4) is 22.8 Å². The number of carbonyl (C=O) groups excluding carboxylic acids is 1. The normalized spacial score (nSPS) is 12.1. The second kappa shape index (κ2) is 12.0. The van der Waals surface area contributed by atoms with Gasteiger partial charge in [0.1, 0.15) is 5.75 Å². The highest BCUT2D eigenvalue weighted by Crippen LogP contribution is 2.32. The van der Waals surface area contributed by atoms with Crippen molar-refractivity contribution in [2.75, 3.05) is 12.9 Å². The first kappa shape index (κ1) is 28.9. The molecule has 1 amide bonds. The van der Waals surface area contributed by atoms with Crippen LogP contribution >= 0.6 is 11.8 Å². The van der Waals surface area contributed by atoms with Gasteiger partial charge in [0.15, 0.2) is 11.0 Å². The van der Waals surface area contributed by atoms with Gasteiger partial charge in [0.2, 0.25) is 0 Å². The molecule has 0 fully saturated rings. The average Bonchev–Trinajstić information content (AvgIpc) is 3.35. The van der Waals surface area contributed by atoms with Crippen molar-refractivity contribution in [3.05, 3.63) is 89.5 Å². The number of nitrogens with one attached hydrogen (secondary N) is 1. The van der Waals surface area contributed by atoms with E-state index in [1.807, 2.05) is 41.0 Å². The molecule has 1 heterocycles. The summed E-state index contributed by atoms with van der Waals surface area (Å²) >= 11 is 1.13. The van der Waals surface area contributed by atoms with Crippen molar-refractivity contribution in [2.45, 2.75) is 37.5 Å². The molecule has 1 aromatic heterocycles. The smallest absolute Gasteiger partial charge is 0.417 e.